The fourth-order valence-electron chi connectivity index (χ4n) is 3.36. The third-order valence-corrected chi connectivity index (χ3v) is 15.1. The smallest absolute Gasteiger partial charge is 1.00 e. The quantitative estimate of drug-likeness (QED) is 0.0844. The first-order valence-electron chi connectivity index (χ1n) is 15.5. The van der Waals surface area contributed by atoms with Crippen LogP contribution in [0.2, 0.25) is 0 Å². The Balaban J connectivity index is -0.0000000235. The molecule has 0 fully saturated rings. The van der Waals surface area contributed by atoms with Crippen molar-refractivity contribution < 1.29 is 221 Å². The van der Waals surface area contributed by atoms with Gasteiger partial charge in [-0.25, -0.2) is 0 Å². The van der Waals surface area contributed by atoms with Crippen molar-refractivity contribution in [1.29, 1.82) is 0 Å². The third kappa shape index (κ3) is 80.1. The second kappa shape index (κ2) is 68.3. The summed E-state index contributed by atoms with van der Waals surface area (Å²) in [5.41, 5.74) is 0. The molecule has 62 heavy (non-hydrogen) atoms. The van der Waals surface area contributed by atoms with Crippen molar-refractivity contribution in [2.45, 2.75) is 160 Å². The van der Waals surface area contributed by atoms with E-state index in [1.54, 1.807) is 111 Å². The molecule has 0 amide bonds. The van der Waals surface area contributed by atoms with Crippen molar-refractivity contribution in [1.82, 2.24) is 0 Å². The minimum absolute atomic E-state index is 0. The van der Waals surface area contributed by atoms with E-state index in [0.717, 1.165) is 14.2 Å². The second-order valence-corrected chi connectivity index (χ2v) is 20.8. The summed E-state index contributed by atoms with van der Waals surface area (Å²) in [6.07, 6.45) is -2.55. The molecular formula is C28H90Cl4O24P4Sc2+4. The fourth-order valence-corrected chi connectivity index (χ4v) is 14.2. The molecule has 0 aliphatic carbocycles. The molecule has 0 aromatic rings. The first-order chi connectivity index (χ1) is 20.7. The molecular weight excluding hydrogens is 1080 g/mol. The molecule has 0 spiro atoms. The van der Waals surface area contributed by atoms with E-state index in [2.05, 4.69) is 0 Å². The number of halogens is 4. The fraction of sp³-hybridized carbons (Fsp3) is 1.00. The van der Waals surface area contributed by atoms with E-state index in [4.69, 9.17) is 46.4 Å². The Kier molecular flexibility index (Phi) is 145. The van der Waals surface area contributed by atoms with Gasteiger partial charge in [-0.2, -0.15) is 0 Å². The summed E-state index contributed by atoms with van der Waals surface area (Å²) in [6.45, 7) is 27.9. The Morgan fingerprint density at radius 3 is 0.419 bits per heavy atom. The zero-order valence-electron chi connectivity index (χ0n) is 39.5. The topological polar surface area (TPSA) is 501 Å². The van der Waals surface area contributed by atoms with Crippen molar-refractivity contribution in [3.8, 4) is 0 Å². The summed E-state index contributed by atoms with van der Waals surface area (Å²) >= 11 is 0. The number of hydrogen-bond acceptors (Lipinski definition) is 16. The van der Waals surface area contributed by atoms with E-state index >= 15 is 0 Å². The number of aliphatic hydroxyl groups is 2. The molecule has 0 aliphatic heterocycles. The Morgan fingerprint density at radius 1 is 0.306 bits per heavy atom. The number of hydrogen-bond donors (Lipinski definition) is 2. The van der Waals surface area contributed by atoms with Crippen LogP contribution in [0.25, 0.3) is 0 Å². The molecule has 0 radical (unpaired) electrons. The van der Waals surface area contributed by atoms with Crippen molar-refractivity contribution >= 4 is 30.4 Å². The van der Waals surface area contributed by atoms with Gasteiger partial charge in [0.15, 0.2) is 11.8 Å². The van der Waals surface area contributed by atoms with Crippen LogP contribution in [-0.2, 0) is 128 Å². The van der Waals surface area contributed by atoms with Gasteiger partial charge in [0.2, 0.25) is 0 Å². The molecule has 0 unspecified atom stereocenters. The molecule has 396 valence electrons. The van der Waals surface area contributed by atoms with E-state index in [9.17, 15) is 18.3 Å². The average Bonchev–Trinajstić information content (AvgIpc) is 2.76. The number of aliphatic hydroxyl groups excluding tert-OH is 2. The van der Waals surface area contributed by atoms with Gasteiger partial charge in [0, 0.05) is 14.2 Å². The number of rotatable bonds is 20. The van der Waals surface area contributed by atoms with Crippen LogP contribution in [0.3, 0.4) is 0 Å². The predicted octanol–water partition coefficient (Wildman–Crippen LogP) is -10.1. The molecule has 0 atom stereocenters. The largest absolute Gasteiger partial charge is 3.00 e. The summed E-state index contributed by atoms with van der Waals surface area (Å²) < 4.78 is 94.6. The van der Waals surface area contributed by atoms with Gasteiger partial charge in [0.1, 0.15) is 0 Å². The molecule has 34 heteroatoms. The third-order valence-electron chi connectivity index (χ3n) is 3.66. The Hall–Kier alpha value is 3.02. The van der Waals surface area contributed by atoms with Gasteiger partial charge in [0.25, 0.3) is 0 Å². The van der Waals surface area contributed by atoms with E-state index in [1.165, 1.54) is 0 Å². The molecule has 0 rings (SSSR count). The average molecular weight is 1170 g/mol. The molecule has 0 saturated carbocycles. The zero-order chi connectivity index (χ0) is 37.7. The van der Waals surface area contributed by atoms with E-state index in [1.807, 2.05) is 0 Å². The van der Waals surface area contributed by atoms with Crippen molar-refractivity contribution in [3.05, 3.63) is 0 Å². The van der Waals surface area contributed by atoms with Gasteiger partial charge in [-0.05, 0) is 111 Å². The summed E-state index contributed by atoms with van der Waals surface area (Å²) in [6, 6.07) is 0. The second-order valence-electron chi connectivity index (χ2n) is 12.0. The van der Waals surface area contributed by atoms with Gasteiger partial charge in [-0.1, -0.05) is 0 Å². The molecule has 0 bridgehead atoms. The van der Waals surface area contributed by atoms with Crippen LogP contribution < -0.4 is 49.6 Å². The van der Waals surface area contributed by atoms with Gasteiger partial charge in [-0.3, -0.25) is 18.3 Å². The maximum atomic E-state index is 12.8. The molecule has 0 aliphatic rings. The van der Waals surface area contributed by atoms with Crippen molar-refractivity contribution in [2.24, 2.45) is 0 Å². The van der Waals surface area contributed by atoms with Gasteiger partial charge < -0.3 is 151 Å². The minimum atomic E-state index is -3.58. The maximum Gasteiger partial charge on any atom is 3.00 e. The standard InChI is InChI=1S/2C13H30O6P2.2CH4O.4ClH.10H2O.2Sc/c2*1-10(2)16-20(14,17-11(3)4)9-21(15,18-12(5)6)19-13(7)8;2*1-2;;;;;;;;;;;;;;;;/h2*10-13H,9H2,1-8H3;2*2H,1H3;4*1H;10*1H2;;/q;;;;;;;;;;;;;;;;;;2*+3/p-2. The van der Waals surface area contributed by atoms with Gasteiger partial charge in [0.05, 0.1) is 48.8 Å². The molecule has 24 N–H and O–H groups in total. The van der Waals surface area contributed by atoms with E-state index in [-0.39, 0.29) is 217 Å². The van der Waals surface area contributed by atoms with Crippen molar-refractivity contribution in [2.75, 3.05) is 26.0 Å². The summed E-state index contributed by atoms with van der Waals surface area (Å²) in [7, 11) is -12.3. The van der Waals surface area contributed by atoms with Crippen LogP contribution >= 0.6 is 30.4 Å². The minimum Gasteiger partial charge on any atom is -1.00 e. The first-order valence-corrected chi connectivity index (χ1v) is 22.4. The molecule has 0 heterocycles. The van der Waals surface area contributed by atoms with Crippen LogP contribution in [0, 0.1) is 0 Å². The van der Waals surface area contributed by atoms with E-state index in [0.29, 0.717) is 0 Å². The molecule has 24 nitrogen and oxygen atoms in total. The summed E-state index contributed by atoms with van der Waals surface area (Å²) in [4.78, 5) is 0. The maximum absolute atomic E-state index is 12.8. The van der Waals surface area contributed by atoms with Crippen LogP contribution in [0.4, 0.5) is 0 Å². The van der Waals surface area contributed by atoms with Gasteiger partial charge >= 0.3 is 82.1 Å². The van der Waals surface area contributed by atoms with Crippen LogP contribution in [0.1, 0.15) is 111 Å². The first kappa shape index (κ1) is 131. The zero-order valence-corrected chi connectivity index (χ0v) is 49.7. The summed E-state index contributed by atoms with van der Waals surface area (Å²) in [5.74, 6) is -0.764. The SMILES string of the molecule is CC(C)OP(=O)(CP(=O)(OC(C)C)OC(C)C)OC(C)C.CC(C)OP(=O)(CP(=O)(OC(C)C)OC(C)C)OC(C)C.CO.CO.O.O.O.O.[Cl-].[Cl-].[Cl-].[Cl-].[OH-].[OH-].[OH3+].[OH3+].[OH3+].[OH3+].[Sc+3].[Sc+3]. The van der Waals surface area contributed by atoms with Crippen LogP contribution in [0.5, 0.6) is 0 Å². The monoisotopic (exact) mass is 1160 g/mol. The van der Waals surface area contributed by atoms with Crippen LogP contribution in [0.15, 0.2) is 0 Å². The molecule has 0 aromatic heterocycles. The van der Waals surface area contributed by atoms with Crippen LogP contribution in [-0.4, -0.2) is 118 Å². The van der Waals surface area contributed by atoms with E-state index < -0.39 is 30.4 Å². The Labute approximate surface area is 433 Å². The molecule has 0 saturated heterocycles. The molecule has 0 aromatic carbocycles. The Bertz CT molecular complexity index is 784. The normalized spacial score (nSPS) is 9.61. The van der Waals surface area contributed by atoms with Crippen molar-refractivity contribution in [3.63, 3.8) is 0 Å². The van der Waals surface area contributed by atoms with Gasteiger partial charge in [-0.15, -0.1) is 0 Å². The summed E-state index contributed by atoms with van der Waals surface area (Å²) in [5, 5.41) is 14.0. The predicted molar refractivity (Wildman–Crippen MR) is 224 cm³/mol. The Morgan fingerprint density at radius 2 is 0.371 bits per heavy atom.